The minimum atomic E-state index is -4.77. The number of alkyl halides is 3. The molecule has 1 N–H and O–H groups in total. The van der Waals surface area contributed by atoms with Gasteiger partial charge in [-0.2, -0.15) is 0 Å². The van der Waals surface area contributed by atoms with E-state index in [-0.39, 0.29) is 17.8 Å². The number of amides is 1. The van der Waals surface area contributed by atoms with Crippen LogP contribution in [0, 0.1) is 0 Å². The molecule has 1 aromatic rings. The number of nitrogens with zero attached hydrogens (tertiary/aromatic N) is 1. The van der Waals surface area contributed by atoms with Crippen LogP contribution in [0.2, 0.25) is 0 Å². The number of nitrogens with one attached hydrogen (secondary N) is 1. The summed E-state index contributed by atoms with van der Waals surface area (Å²) in [7, 11) is 1.50. The van der Waals surface area contributed by atoms with Crippen molar-refractivity contribution in [2.45, 2.75) is 25.4 Å². The zero-order valence-electron chi connectivity index (χ0n) is 12.2. The second kappa shape index (κ2) is 6.53. The van der Waals surface area contributed by atoms with Gasteiger partial charge in [-0.05, 0) is 19.1 Å². The molecular weight excluding hydrogens is 301 g/mol. The summed E-state index contributed by atoms with van der Waals surface area (Å²) in [4.78, 5) is 13.7. The van der Waals surface area contributed by atoms with Crippen molar-refractivity contribution in [3.05, 3.63) is 24.3 Å². The van der Waals surface area contributed by atoms with Crippen molar-refractivity contribution in [2.75, 3.05) is 25.1 Å². The van der Waals surface area contributed by atoms with Crippen molar-refractivity contribution in [2.24, 2.45) is 0 Å². The zero-order chi connectivity index (χ0) is 16.3. The van der Waals surface area contributed by atoms with Crippen molar-refractivity contribution >= 4 is 11.6 Å². The van der Waals surface area contributed by atoms with Crippen LogP contribution >= 0.6 is 0 Å². The lowest BCUT2D eigenvalue weighted by molar-refractivity contribution is -0.274. The molecule has 0 radical (unpaired) electrons. The second-order valence-electron chi connectivity index (χ2n) is 4.95. The first-order valence-electron chi connectivity index (χ1n) is 6.76. The van der Waals surface area contributed by atoms with Crippen molar-refractivity contribution in [3.8, 4) is 5.75 Å². The molecular formula is C14H17F3N2O3. The number of morpholine rings is 1. The lowest BCUT2D eigenvalue weighted by Crippen LogP contribution is -2.55. The number of hydrogen-bond donors (Lipinski definition) is 1. The van der Waals surface area contributed by atoms with Crippen molar-refractivity contribution in [1.29, 1.82) is 0 Å². The molecule has 2 atom stereocenters. The molecule has 1 aliphatic heterocycles. The summed E-state index contributed by atoms with van der Waals surface area (Å²) < 4.78 is 46.0. The third-order valence-corrected chi connectivity index (χ3v) is 3.35. The summed E-state index contributed by atoms with van der Waals surface area (Å²) in [6.45, 7) is 2.83. The number of anilines is 1. The average Bonchev–Trinajstić information content (AvgIpc) is 2.45. The van der Waals surface area contributed by atoms with Gasteiger partial charge in [-0.25, -0.2) is 0 Å². The Labute approximate surface area is 126 Å². The molecule has 0 saturated carbocycles. The minimum Gasteiger partial charge on any atom is -0.406 e. The molecule has 0 aliphatic carbocycles. The number of rotatable bonds is 3. The topological polar surface area (TPSA) is 50.8 Å². The number of benzene rings is 1. The first kappa shape index (κ1) is 16.6. The SMILES string of the molecule is C[C@H]1OCCN[C@@H]1C(=O)N(C)c1cccc(OC(F)(F)F)c1. The summed E-state index contributed by atoms with van der Waals surface area (Å²) in [6, 6.07) is 4.75. The van der Waals surface area contributed by atoms with Crippen molar-refractivity contribution < 1.29 is 27.4 Å². The fourth-order valence-corrected chi connectivity index (χ4v) is 2.23. The lowest BCUT2D eigenvalue weighted by Gasteiger charge is -2.32. The van der Waals surface area contributed by atoms with Gasteiger partial charge in [-0.1, -0.05) is 6.07 Å². The maximum atomic E-state index is 12.4. The Morgan fingerprint density at radius 2 is 2.18 bits per heavy atom. The van der Waals surface area contributed by atoms with Crippen LogP contribution in [0.5, 0.6) is 5.75 Å². The third kappa shape index (κ3) is 4.11. The van der Waals surface area contributed by atoms with Gasteiger partial charge >= 0.3 is 6.36 Å². The molecule has 1 heterocycles. The molecule has 122 valence electrons. The molecule has 22 heavy (non-hydrogen) atoms. The average molecular weight is 318 g/mol. The third-order valence-electron chi connectivity index (χ3n) is 3.35. The van der Waals surface area contributed by atoms with E-state index in [4.69, 9.17) is 4.74 Å². The van der Waals surface area contributed by atoms with Crippen LogP contribution in [0.25, 0.3) is 0 Å². The van der Waals surface area contributed by atoms with Gasteiger partial charge in [0.25, 0.3) is 0 Å². The van der Waals surface area contributed by atoms with E-state index >= 15 is 0 Å². The van der Waals surface area contributed by atoms with E-state index in [2.05, 4.69) is 10.1 Å². The molecule has 8 heteroatoms. The van der Waals surface area contributed by atoms with Crippen LogP contribution < -0.4 is 15.0 Å². The quantitative estimate of drug-likeness (QED) is 0.925. The molecule has 1 saturated heterocycles. The van der Waals surface area contributed by atoms with Crippen molar-refractivity contribution in [1.82, 2.24) is 5.32 Å². The maximum absolute atomic E-state index is 12.4. The number of hydrogen-bond acceptors (Lipinski definition) is 4. The van der Waals surface area contributed by atoms with Crippen LogP contribution in [-0.4, -0.2) is 44.6 Å². The normalized spacial score (nSPS) is 22.2. The van der Waals surface area contributed by atoms with Crippen LogP contribution in [-0.2, 0) is 9.53 Å². The van der Waals surface area contributed by atoms with Gasteiger partial charge in [0.2, 0.25) is 5.91 Å². The Balaban J connectivity index is 2.13. The van der Waals surface area contributed by atoms with Gasteiger partial charge in [-0.15, -0.1) is 13.2 Å². The molecule has 0 spiro atoms. The molecule has 1 fully saturated rings. The van der Waals surface area contributed by atoms with Crippen LogP contribution in [0.4, 0.5) is 18.9 Å². The number of carbonyl (C=O) groups is 1. The Kier molecular flexibility index (Phi) is 4.92. The Morgan fingerprint density at radius 3 is 2.82 bits per heavy atom. The molecule has 0 bridgehead atoms. The molecule has 1 aromatic carbocycles. The lowest BCUT2D eigenvalue weighted by atomic mass is 10.1. The van der Waals surface area contributed by atoms with Gasteiger partial charge < -0.3 is 19.7 Å². The highest BCUT2D eigenvalue weighted by Gasteiger charge is 2.33. The Hall–Kier alpha value is -1.80. The van der Waals surface area contributed by atoms with E-state index in [0.29, 0.717) is 18.8 Å². The molecule has 1 amide bonds. The first-order valence-corrected chi connectivity index (χ1v) is 6.76. The standard InChI is InChI=1S/C14H17F3N2O3/c1-9-12(18-6-7-21-9)13(20)19(2)10-4-3-5-11(8-10)22-14(15,16)17/h3-5,8-9,12,18H,6-7H2,1-2H3/t9-,12+/m1/s1. The van der Waals surface area contributed by atoms with Crippen LogP contribution in [0.15, 0.2) is 24.3 Å². The summed E-state index contributed by atoms with van der Waals surface area (Å²) in [5.41, 5.74) is 0.311. The van der Waals surface area contributed by atoms with Gasteiger partial charge in [0.1, 0.15) is 11.8 Å². The Morgan fingerprint density at radius 1 is 1.45 bits per heavy atom. The minimum absolute atomic E-state index is 0.281. The smallest absolute Gasteiger partial charge is 0.406 e. The predicted molar refractivity (Wildman–Crippen MR) is 73.7 cm³/mol. The van der Waals surface area contributed by atoms with Crippen molar-refractivity contribution in [3.63, 3.8) is 0 Å². The van der Waals surface area contributed by atoms with E-state index in [1.54, 1.807) is 6.92 Å². The molecule has 1 aliphatic rings. The van der Waals surface area contributed by atoms with Crippen LogP contribution in [0.3, 0.4) is 0 Å². The van der Waals surface area contributed by atoms with E-state index < -0.39 is 12.4 Å². The van der Waals surface area contributed by atoms with E-state index in [9.17, 15) is 18.0 Å². The summed E-state index contributed by atoms with van der Waals surface area (Å²) in [6.07, 6.45) is -5.08. The predicted octanol–water partition coefficient (Wildman–Crippen LogP) is 1.92. The van der Waals surface area contributed by atoms with Gasteiger partial charge in [0.15, 0.2) is 0 Å². The maximum Gasteiger partial charge on any atom is 0.573 e. The van der Waals surface area contributed by atoms with Gasteiger partial charge in [-0.3, -0.25) is 4.79 Å². The van der Waals surface area contributed by atoms with E-state index in [0.717, 1.165) is 0 Å². The van der Waals surface area contributed by atoms with E-state index in [1.165, 1.54) is 36.2 Å². The zero-order valence-corrected chi connectivity index (χ0v) is 12.2. The highest BCUT2D eigenvalue weighted by Crippen LogP contribution is 2.26. The summed E-state index contributed by atoms with van der Waals surface area (Å²) in [5.74, 6) is -0.651. The monoisotopic (exact) mass is 318 g/mol. The fourth-order valence-electron chi connectivity index (χ4n) is 2.23. The number of ether oxygens (including phenoxy) is 2. The molecule has 0 unspecified atom stereocenters. The molecule has 2 rings (SSSR count). The number of carbonyl (C=O) groups excluding carboxylic acids is 1. The number of likely N-dealkylation sites (N-methyl/N-ethyl adjacent to an activating group) is 1. The van der Waals surface area contributed by atoms with E-state index in [1.807, 2.05) is 0 Å². The molecule has 0 aromatic heterocycles. The summed E-state index contributed by atoms with van der Waals surface area (Å²) in [5, 5.41) is 3.04. The first-order chi connectivity index (χ1) is 10.3. The van der Waals surface area contributed by atoms with Crippen LogP contribution in [0.1, 0.15) is 6.92 Å². The number of halogens is 3. The molecule has 5 nitrogen and oxygen atoms in total. The second-order valence-corrected chi connectivity index (χ2v) is 4.95. The summed E-state index contributed by atoms with van der Waals surface area (Å²) >= 11 is 0. The highest BCUT2D eigenvalue weighted by atomic mass is 19.4. The largest absolute Gasteiger partial charge is 0.573 e. The van der Waals surface area contributed by atoms with Gasteiger partial charge in [0.05, 0.1) is 12.7 Å². The Bertz CT molecular complexity index is 536. The van der Waals surface area contributed by atoms with Gasteiger partial charge in [0, 0.05) is 25.3 Å². The fraction of sp³-hybridized carbons (Fsp3) is 0.500. The highest BCUT2D eigenvalue weighted by molar-refractivity contribution is 5.97.